The highest BCUT2D eigenvalue weighted by Crippen LogP contribution is 2.17. The number of hydrogen-bond acceptors (Lipinski definition) is 4. The first-order chi connectivity index (χ1) is 11.7. The standard InChI is InChI=1S/C17H25N5O2/c1-21-12-19-15-9-14(4-5-16(15)21)20-17(24)18-6-8-22-7-2-3-13(10-22)11-23/h4-5,9,12-13,23H,2-3,6-8,10-11H2,1H3,(H2,18,20,24). The predicted molar refractivity (Wildman–Crippen MR) is 94.0 cm³/mol. The normalized spacial score (nSPS) is 18.7. The lowest BCUT2D eigenvalue weighted by Gasteiger charge is -2.31. The molecule has 2 amide bonds. The van der Waals surface area contributed by atoms with E-state index in [2.05, 4.69) is 20.5 Å². The Bertz CT molecular complexity index is 699. The monoisotopic (exact) mass is 331 g/mol. The van der Waals surface area contributed by atoms with Gasteiger partial charge in [-0.1, -0.05) is 0 Å². The zero-order valence-corrected chi connectivity index (χ0v) is 14.0. The van der Waals surface area contributed by atoms with Crippen LogP contribution in [0.3, 0.4) is 0 Å². The van der Waals surface area contributed by atoms with Crippen molar-refractivity contribution in [3.05, 3.63) is 24.5 Å². The van der Waals surface area contributed by atoms with Crippen LogP contribution in [0.15, 0.2) is 24.5 Å². The number of rotatable bonds is 5. The maximum absolute atomic E-state index is 12.0. The van der Waals surface area contributed by atoms with Crippen molar-refractivity contribution in [2.75, 3.05) is 38.1 Å². The van der Waals surface area contributed by atoms with Gasteiger partial charge in [-0.2, -0.15) is 0 Å². The van der Waals surface area contributed by atoms with Crippen molar-refractivity contribution in [2.45, 2.75) is 12.8 Å². The average molecular weight is 331 g/mol. The summed E-state index contributed by atoms with van der Waals surface area (Å²) < 4.78 is 1.94. The van der Waals surface area contributed by atoms with Crippen LogP contribution in [-0.4, -0.2) is 58.4 Å². The van der Waals surface area contributed by atoms with Gasteiger partial charge in [0.1, 0.15) is 0 Å². The topological polar surface area (TPSA) is 82.4 Å². The van der Waals surface area contributed by atoms with Crippen LogP contribution in [0.1, 0.15) is 12.8 Å². The molecule has 24 heavy (non-hydrogen) atoms. The highest BCUT2D eigenvalue weighted by atomic mass is 16.3. The zero-order chi connectivity index (χ0) is 16.9. The van der Waals surface area contributed by atoms with Gasteiger partial charge >= 0.3 is 6.03 Å². The average Bonchev–Trinajstić information content (AvgIpc) is 2.95. The van der Waals surface area contributed by atoms with Crippen LogP contribution in [-0.2, 0) is 7.05 Å². The Morgan fingerprint density at radius 2 is 2.33 bits per heavy atom. The second kappa shape index (κ2) is 7.63. The van der Waals surface area contributed by atoms with Gasteiger partial charge in [-0.05, 0) is 43.5 Å². The number of aliphatic hydroxyl groups excluding tert-OH is 1. The first kappa shape index (κ1) is 16.7. The molecule has 1 atom stereocenters. The number of piperidine rings is 1. The van der Waals surface area contributed by atoms with E-state index in [1.807, 2.05) is 29.8 Å². The van der Waals surface area contributed by atoms with Crippen LogP contribution in [0.4, 0.5) is 10.5 Å². The fourth-order valence-electron chi connectivity index (χ4n) is 3.22. The lowest BCUT2D eigenvalue weighted by Crippen LogP contribution is -2.42. The van der Waals surface area contributed by atoms with Crippen LogP contribution in [0, 0.1) is 5.92 Å². The molecule has 2 heterocycles. The summed E-state index contributed by atoms with van der Waals surface area (Å²) in [6.07, 6.45) is 3.96. The quantitative estimate of drug-likeness (QED) is 0.773. The Kier molecular flexibility index (Phi) is 5.32. The summed E-state index contributed by atoms with van der Waals surface area (Å²) in [5.41, 5.74) is 2.63. The van der Waals surface area contributed by atoms with Crippen molar-refractivity contribution in [2.24, 2.45) is 13.0 Å². The summed E-state index contributed by atoms with van der Waals surface area (Å²) in [4.78, 5) is 18.6. The van der Waals surface area contributed by atoms with Gasteiger partial charge in [0.2, 0.25) is 0 Å². The number of carbonyl (C=O) groups is 1. The molecule has 0 aliphatic carbocycles. The maximum atomic E-state index is 12.0. The Morgan fingerprint density at radius 3 is 3.17 bits per heavy atom. The first-order valence-corrected chi connectivity index (χ1v) is 8.45. The van der Waals surface area contributed by atoms with E-state index in [0.29, 0.717) is 12.5 Å². The smallest absolute Gasteiger partial charge is 0.319 e. The number of aliphatic hydroxyl groups is 1. The van der Waals surface area contributed by atoms with Gasteiger partial charge in [0.05, 0.1) is 17.4 Å². The van der Waals surface area contributed by atoms with Gasteiger partial charge in [-0.15, -0.1) is 0 Å². The number of hydrogen-bond donors (Lipinski definition) is 3. The zero-order valence-electron chi connectivity index (χ0n) is 14.0. The summed E-state index contributed by atoms with van der Waals surface area (Å²) in [6, 6.07) is 5.48. The number of aromatic nitrogens is 2. The number of aryl methyl sites for hydroxylation is 1. The second-order valence-corrected chi connectivity index (χ2v) is 6.43. The molecule has 3 N–H and O–H groups in total. The summed E-state index contributed by atoms with van der Waals surface area (Å²) in [6.45, 7) is 3.60. The number of likely N-dealkylation sites (tertiary alicyclic amines) is 1. The molecule has 1 aliphatic rings. The fourth-order valence-corrected chi connectivity index (χ4v) is 3.22. The molecule has 1 aromatic carbocycles. The molecule has 1 aromatic heterocycles. The Morgan fingerprint density at radius 1 is 1.46 bits per heavy atom. The van der Waals surface area contributed by atoms with Crippen LogP contribution in [0.25, 0.3) is 11.0 Å². The lowest BCUT2D eigenvalue weighted by atomic mass is 9.99. The van der Waals surface area contributed by atoms with Crippen molar-refractivity contribution in [1.29, 1.82) is 0 Å². The van der Waals surface area contributed by atoms with Crippen LogP contribution in [0.2, 0.25) is 0 Å². The van der Waals surface area contributed by atoms with E-state index in [1.54, 1.807) is 6.33 Å². The molecule has 7 nitrogen and oxygen atoms in total. The minimum absolute atomic E-state index is 0.207. The third kappa shape index (κ3) is 4.04. The van der Waals surface area contributed by atoms with Crippen molar-refractivity contribution < 1.29 is 9.90 Å². The van der Waals surface area contributed by atoms with Gasteiger partial charge in [-0.3, -0.25) is 0 Å². The predicted octanol–water partition coefficient (Wildman–Crippen LogP) is 1.40. The number of benzene rings is 1. The molecule has 7 heteroatoms. The molecule has 1 fully saturated rings. The van der Waals surface area contributed by atoms with Crippen LogP contribution < -0.4 is 10.6 Å². The number of nitrogens with zero attached hydrogens (tertiary/aromatic N) is 3. The number of amides is 2. The van der Waals surface area contributed by atoms with E-state index < -0.39 is 0 Å². The molecule has 0 radical (unpaired) electrons. The minimum Gasteiger partial charge on any atom is -0.396 e. The Labute approximate surface area is 141 Å². The molecule has 0 spiro atoms. The Balaban J connectivity index is 1.45. The molecule has 0 bridgehead atoms. The van der Waals surface area contributed by atoms with E-state index in [-0.39, 0.29) is 12.6 Å². The highest BCUT2D eigenvalue weighted by molar-refractivity contribution is 5.91. The molecule has 1 saturated heterocycles. The molecule has 1 unspecified atom stereocenters. The van der Waals surface area contributed by atoms with Crippen molar-refractivity contribution in [1.82, 2.24) is 19.8 Å². The van der Waals surface area contributed by atoms with E-state index in [9.17, 15) is 9.90 Å². The number of carbonyl (C=O) groups excluding carboxylic acids is 1. The van der Waals surface area contributed by atoms with E-state index in [0.717, 1.165) is 49.2 Å². The van der Waals surface area contributed by atoms with E-state index in [1.165, 1.54) is 0 Å². The third-order valence-corrected chi connectivity index (χ3v) is 4.56. The highest BCUT2D eigenvalue weighted by Gasteiger charge is 2.18. The Hall–Kier alpha value is -2.12. The van der Waals surface area contributed by atoms with Gasteiger partial charge in [0.25, 0.3) is 0 Å². The molecule has 3 rings (SSSR count). The largest absolute Gasteiger partial charge is 0.396 e. The van der Waals surface area contributed by atoms with Gasteiger partial charge in [0, 0.05) is 39.0 Å². The van der Waals surface area contributed by atoms with Gasteiger partial charge in [0.15, 0.2) is 0 Å². The van der Waals surface area contributed by atoms with Gasteiger partial charge < -0.3 is 25.2 Å². The van der Waals surface area contributed by atoms with Gasteiger partial charge in [-0.25, -0.2) is 9.78 Å². The molecule has 2 aromatic rings. The third-order valence-electron chi connectivity index (χ3n) is 4.56. The SMILES string of the molecule is Cn1cnc2cc(NC(=O)NCCN3CCCC(CO)C3)ccc21. The van der Waals surface area contributed by atoms with Crippen molar-refractivity contribution in [3.63, 3.8) is 0 Å². The first-order valence-electron chi connectivity index (χ1n) is 8.45. The minimum atomic E-state index is -0.207. The molecule has 0 saturated carbocycles. The molecular weight excluding hydrogens is 306 g/mol. The number of fused-ring (bicyclic) bond motifs is 1. The molecular formula is C17H25N5O2. The summed E-state index contributed by atoms with van der Waals surface area (Å²) in [7, 11) is 1.94. The summed E-state index contributed by atoms with van der Waals surface area (Å²) in [5, 5.41) is 15.0. The lowest BCUT2D eigenvalue weighted by molar-refractivity contribution is 0.121. The number of nitrogens with one attached hydrogen (secondary N) is 2. The summed E-state index contributed by atoms with van der Waals surface area (Å²) >= 11 is 0. The number of anilines is 1. The fraction of sp³-hybridized carbons (Fsp3) is 0.529. The number of imidazole rings is 1. The maximum Gasteiger partial charge on any atom is 0.319 e. The van der Waals surface area contributed by atoms with Crippen molar-refractivity contribution >= 4 is 22.8 Å². The summed E-state index contributed by atoms with van der Waals surface area (Å²) in [5.74, 6) is 0.373. The molecule has 130 valence electrons. The van der Waals surface area contributed by atoms with Crippen LogP contribution >= 0.6 is 0 Å². The second-order valence-electron chi connectivity index (χ2n) is 6.43. The van der Waals surface area contributed by atoms with E-state index in [4.69, 9.17) is 0 Å². The molecule has 1 aliphatic heterocycles. The van der Waals surface area contributed by atoms with Crippen LogP contribution in [0.5, 0.6) is 0 Å². The van der Waals surface area contributed by atoms with Crippen molar-refractivity contribution in [3.8, 4) is 0 Å². The number of urea groups is 1. The van der Waals surface area contributed by atoms with E-state index >= 15 is 0 Å².